The monoisotopic (exact) mass is 379 g/mol. The Morgan fingerprint density at radius 1 is 1.16 bits per heavy atom. The lowest BCUT2D eigenvalue weighted by Crippen LogP contribution is -2.14. The van der Waals surface area contributed by atoms with Crippen molar-refractivity contribution in [1.29, 1.82) is 0 Å². The van der Waals surface area contributed by atoms with Gasteiger partial charge in [-0.3, -0.25) is 4.21 Å². The normalized spacial score (nSPS) is 12.0. The average molecular weight is 379 g/mol. The average Bonchev–Trinajstić information content (AvgIpc) is 2.59. The molecule has 2 aromatic carbocycles. The van der Waals surface area contributed by atoms with Gasteiger partial charge in [0, 0.05) is 16.6 Å². The Kier molecular flexibility index (Phi) is 6.23. The Labute approximate surface area is 150 Å². The number of hydrogen-bond acceptors (Lipinski definition) is 4. The van der Waals surface area contributed by atoms with E-state index in [-0.39, 0.29) is 5.76 Å². The summed E-state index contributed by atoms with van der Waals surface area (Å²) in [4.78, 5) is 0.659. The fourth-order valence-corrected chi connectivity index (χ4v) is 4.37. The van der Waals surface area contributed by atoms with Crippen LogP contribution in [0.25, 0.3) is 6.08 Å². The number of allylic oxidation sites excluding steroid dienone is 1. The molecule has 0 spiro atoms. The minimum Gasteiger partial charge on any atom is -0.509 e. The van der Waals surface area contributed by atoms with Crippen molar-refractivity contribution in [2.75, 3.05) is 18.9 Å². The van der Waals surface area contributed by atoms with Crippen LogP contribution in [-0.4, -0.2) is 23.5 Å². The van der Waals surface area contributed by atoms with E-state index in [0.29, 0.717) is 22.1 Å². The molecule has 5 nitrogen and oxygen atoms in total. The highest BCUT2D eigenvalue weighted by Gasteiger charge is 2.13. The first-order chi connectivity index (χ1) is 11.9. The van der Waals surface area contributed by atoms with Crippen molar-refractivity contribution < 1.29 is 18.8 Å². The van der Waals surface area contributed by atoms with E-state index in [1.165, 1.54) is 6.08 Å². The van der Waals surface area contributed by atoms with Crippen molar-refractivity contribution in [3.8, 4) is 11.5 Å². The molecule has 0 fully saturated rings. The van der Waals surface area contributed by atoms with Crippen LogP contribution < -0.4 is 14.2 Å². The molecular formula is C18H22NO4PS. The summed E-state index contributed by atoms with van der Waals surface area (Å²) in [5.74, 6) is 1.14. The molecule has 1 atom stereocenters. The van der Waals surface area contributed by atoms with Crippen LogP contribution in [-0.2, 0) is 9.74 Å². The van der Waals surface area contributed by atoms with E-state index in [4.69, 9.17) is 14.6 Å². The maximum atomic E-state index is 13.0. The zero-order valence-electron chi connectivity index (χ0n) is 14.1. The van der Waals surface area contributed by atoms with Crippen LogP contribution >= 0.6 is 8.44 Å². The molecule has 0 heterocycles. The molecule has 7 heteroatoms. The van der Waals surface area contributed by atoms with Crippen LogP contribution in [0.2, 0.25) is 0 Å². The maximum absolute atomic E-state index is 13.0. The number of methoxy groups -OCH3 is 2. The van der Waals surface area contributed by atoms with Crippen molar-refractivity contribution in [1.82, 2.24) is 0 Å². The largest absolute Gasteiger partial charge is 0.509 e. The van der Waals surface area contributed by atoms with E-state index in [9.17, 15) is 4.21 Å². The molecule has 0 aromatic heterocycles. The molecule has 0 radical (unpaired) electrons. The van der Waals surface area contributed by atoms with Crippen molar-refractivity contribution >= 4 is 29.9 Å². The number of hydrogen-bond donors (Lipinski definition) is 3. The summed E-state index contributed by atoms with van der Waals surface area (Å²) < 4.78 is 26.5. The fraction of sp³-hybridized carbons (Fsp3) is 0.111. The van der Waals surface area contributed by atoms with Crippen molar-refractivity contribution in [3.63, 3.8) is 0 Å². The van der Waals surface area contributed by atoms with Gasteiger partial charge in [0.2, 0.25) is 0 Å². The minimum absolute atomic E-state index is 0.0177. The molecule has 0 amide bonds. The van der Waals surface area contributed by atoms with Crippen molar-refractivity contribution in [2.24, 2.45) is 0 Å². The number of rotatable bonds is 7. The van der Waals surface area contributed by atoms with E-state index in [1.807, 2.05) is 12.1 Å². The third-order valence-corrected chi connectivity index (χ3v) is 6.36. The molecule has 0 bridgehead atoms. The standard InChI is InChI=1S/C18H22NO4PS/c1-13(20)4-5-14-6-9-16(10-7-14)25(21,24)19-15-8-11-17(22-2)18(12-15)23-3/h4-12,20,25H,1,24H2,2-3H3,(H,19,21)/b5-4+. The zero-order valence-corrected chi connectivity index (χ0v) is 16.1. The number of aliphatic hydroxyl groups excluding tert-OH is 1. The number of aliphatic hydroxyl groups is 1. The highest BCUT2D eigenvalue weighted by atomic mass is 32.8. The number of anilines is 1. The smallest absolute Gasteiger partial charge is 0.162 e. The summed E-state index contributed by atoms with van der Waals surface area (Å²) >= 11 is 0. The molecule has 0 aliphatic carbocycles. The Morgan fingerprint density at radius 3 is 2.36 bits per heavy atom. The summed E-state index contributed by atoms with van der Waals surface area (Å²) in [6.45, 7) is 3.39. The predicted octanol–water partition coefficient (Wildman–Crippen LogP) is 3.98. The SMILES string of the molecule is C=C(O)/C=C/c1ccc([SH](=O)(P)Nc2ccc(OC)c(OC)c2)cc1. The topological polar surface area (TPSA) is 67.8 Å². The zero-order chi connectivity index (χ0) is 18.4. The van der Waals surface area contributed by atoms with Gasteiger partial charge in [-0.25, -0.2) is 0 Å². The lowest BCUT2D eigenvalue weighted by molar-refractivity contribution is 0.355. The Bertz CT molecular complexity index is 833. The molecule has 0 saturated heterocycles. The second-order valence-corrected chi connectivity index (χ2v) is 9.49. The molecule has 2 rings (SSSR count). The van der Waals surface area contributed by atoms with Crippen molar-refractivity contribution in [2.45, 2.75) is 4.90 Å². The number of ether oxygens (including phenoxy) is 2. The number of nitrogens with one attached hydrogen (secondary N) is 1. The van der Waals surface area contributed by atoms with Crippen LogP contribution in [0.15, 0.2) is 65.8 Å². The highest BCUT2D eigenvalue weighted by Crippen LogP contribution is 2.34. The molecule has 2 aromatic rings. The van der Waals surface area contributed by atoms with Crippen molar-refractivity contribution in [3.05, 3.63) is 66.4 Å². The van der Waals surface area contributed by atoms with E-state index in [2.05, 4.69) is 19.7 Å². The highest BCUT2D eigenvalue weighted by molar-refractivity contribution is 8.46. The number of benzene rings is 2. The fourth-order valence-electron chi connectivity index (χ4n) is 2.16. The molecule has 1 unspecified atom stereocenters. The van der Waals surface area contributed by atoms with Crippen LogP contribution in [0, 0.1) is 0 Å². The quantitative estimate of drug-likeness (QED) is 0.295. The van der Waals surface area contributed by atoms with E-state index < -0.39 is 9.74 Å². The summed E-state index contributed by atoms with van der Waals surface area (Å²) in [5, 5.41) is 9.08. The number of thiol groups is 1. The van der Waals surface area contributed by atoms with Gasteiger partial charge in [0.1, 0.15) is 5.76 Å². The van der Waals surface area contributed by atoms with Crippen LogP contribution in [0.5, 0.6) is 11.5 Å². The Hall–Kier alpha value is -2.30. The van der Waals surface area contributed by atoms with E-state index in [0.717, 1.165) is 5.56 Å². The first-order valence-electron chi connectivity index (χ1n) is 7.41. The lowest BCUT2D eigenvalue weighted by atomic mass is 10.2. The molecular weight excluding hydrogens is 357 g/mol. The van der Waals surface area contributed by atoms with Gasteiger partial charge in [-0.1, -0.05) is 24.8 Å². The summed E-state index contributed by atoms with van der Waals surface area (Å²) in [6, 6.07) is 12.5. The first-order valence-corrected chi connectivity index (χ1v) is 10.7. The van der Waals surface area contributed by atoms with Gasteiger partial charge >= 0.3 is 0 Å². The van der Waals surface area contributed by atoms with Gasteiger partial charge in [-0.15, -0.1) is 0 Å². The van der Waals surface area contributed by atoms with Gasteiger partial charge in [0.05, 0.1) is 14.2 Å². The third kappa shape index (κ3) is 5.08. The van der Waals surface area contributed by atoms with Gasteiger partial charge in [-0.2, -0.15) is 0 Å². The summed E-state index contributed by atoms with van der Waals surface area (Å²) in [6.07, 6.45) is 3.22. The Morgan fingerprint density at radius 2 is 1.80 bits per heavy atom. The van der Waals surface area contributed by atoms with Crippen LogP contribution in [0.3, 0.4) is 0 Å². The molecule has 134 valence electrons. The van der Waals surface area contributed by atoms with E-state index in [1.54, 1.807) is 50.6 Å². The molecule has 0 aliphatic heterocycles. The van der Waals surface area contributed by atoms with Crippen LogP contribution in [0.4, 0.5) is 5.69 Å². The molecule has 0 aliphatic rings. The molecule has 2 N–H and O–H groups in total. The summed E-state index contributed by atoms with van der Waals surface area (Å²) in [7, 11) is 2.61. The van der Waals surface area contributed by atoms with E-state index >= 15 is 0 Å². The molecule has 25 heavy (non-hydrogen) atoms. The predicted molar refractivity (Wildman–Crippen MR) is 108 cm³/mol. The van der Waals surface area contributed by atoms with Gasteiger partial charge in [-0.05, 0) is 54.1 Å². The van der Waals surface area contributed by atoms with Gasteiger partial charge in [0.25, 0.3) is 0 Å². The lowest BCUT2D eigenvalue weighted by Gasteiger charge is -2.23. The second-order valence-electron chi connectivity index (χ2n) is 5.26. The van der Waals surface area contributed by atoms with Gasteiger partial charge in [0.15, 0.2) is 11.5 Å². The Balaban J connectivity index is 2.21. The summed E-state index contributed by atoms with van der Waals surface area (Å²) in [5.41, 5.74) is 1.53. The minimum atomic E-state index is -2.90. The first kappa shape index (κ1) is 19.0. The van der Waals surface area contributed by atoms with Gasteiger partial charge < -0.3 is 19.3 Å². The second kappa shape index (κ2) is 8.19. The third-order valence-electron chi connectivity index (χ3n) is 3.42. The maximum Gasteiger partial charge on any atom is 0.162 e. The van der Waals surface area contributed by atoms with Crippen LogP contribution in [0.1, 0.15) is 5.56 Å². The molecule has 0 saturated carbocycles.